The van der Waals surface area contributed by atoms with E-state index in [-0.39, 0.29) is 29.8 Å². The van der Waals surface area contributed by atoms with Crippen LogP contribution in [0, 0.1) is 45.3 Å². The lowest BCUT2D eigenvalue weighted by molar-refractivity contribution is -0.383. The minimum Gasteiger partial charge on any atom is -0.394 e. The Morgan fingerprint density at radius 3 is 1.85 bits per heavy atom. The predicted molar refractivity (Wildman–Crippen MR) is 228 cm³/mol. The van der Waals surface area contributed by atoms with E-state index in [0.29, 0.717) is 32.1 Å². The number of fused-ring (bicyclic) bond motifs is 5. The Kier molecular flexibility index (Phi) is 14.1. The van der Waals surface area contributed by atoms with Crippen LogP contribution < -0.4 is 0 Å². The van der Waals surface area contributed by atoms with Crippen LogP contribution in [0.3, 0.4) is 0 Å². The van der Waals surface area contributed by atoms with Crippen molar-refractivity contribution in [1.82, 2.24) is 0 Å². The van der Waals surface area contributed by atoms with Gasteiger partial charge in [0.1, 0.15) is 67.1 Å². The zero-order chi connectivity index (χ0) is 48.4. The lowest BCUT2D eigenvalue weighted by Crippen LogP contribution is -2.71. The average molecular weight is 949 g/mol. The first-order chi connectivity index (χ1) is 30.7. The summed E-state index contributed by atoms with van der Waals surface area (Å²) in [5, 5.41) is 132. The van der Waals surface area contributed by atoms with Gasteiger partial charge in [-0.25, -0.2) is 0 Å². The van der Waals surface area contributed by atoms with Gasteiger partial charge in [0.25, 0.3) is 0 Å². The van der Waals surface area contributed by atoms with E-state index in [1.54, 1.807) is 13.8 Å². The normalized spacial score (nSPS) is 56.4. The van der Waals surface area contributed by atoms with Crippen LogP contribution in [-0.2, 0) is 33.2 Å². The van der Waals surface area contributed by atoms with Crippen LogP contribution in [0.5, 0.6) is 0 Å². The molecule has 3 unspecified atom stereocenters. The molecule has 0 aromatic heterocycles. The lowest BCUT2D eigenvalue weighted by atomic mass is 9.34. The Bertz CT molecular complexity index is 1700. The molecule has 4 saturated carbocycles. The summed E-state index contributed by atoms with van der Waals surface area (Å²) in [5.74, 6) is -0.465. The fourth-order valence-corrected chi connectivity index (χ4v) is 15.3. The summed E-state index contributed by atoms with van der Waals surface area (Å²) < 4.78 is 43.3. The smallest absolute Gasteiger partial charge is 0.187 e. The van der Waals surface area contributed by atoms with Crippen LogP contribution in [0.2, 0.25) is 0 Å². The molecule has 26 atom stereocenters. The summed E-state index contributed by atoms with van der Waals surface area (Å²) in [6.07, 6.45) is -19.7. The highest BCUT2D eigenvalue weighted by molar-refractivity contribution is 5.22. The van der Waals surface area contributed by atoms with Crippen LogP contribution in [0.1, 0.15) is 107 Å². The summed E-state index contributed by atoms with van der Waals surface area (Å²) >= 11 is 0. The maximum Gasteiger partial charge on any atom is 0.187 e. The van der Waals surface area contributed by atoms with Gasteiger partial charge in [0.15, 0.2) is 18.9 Å². The molecule has 66 heavy (non-hydrogen) atoms. The van der Waals surface area contributed by atoms with E-state index >= 15 is 0 Å². The van der Waals surface area contributed by atoms with Crippen molar-refractivity contribution >= 4 is 0 Å². The van der Waals surface area contributed by atoms with Crippen molar-refractivity contribution in [3.63, 3.8) is 0 Å². The molecular formula is C47H80O19. The van der Waals surface area contributed by atoms with E-state index < -0.39 is 157 Å². The lowest BCUT2D eigenvalue weighted by Gasteiger charge is -2.72. The second-order valence-electron chi connectivity index (χ2n) is 23.6. The van der Waals surface area contributed by atoms with Gasteiger partial charge in [-0.15, -0.1) is 0 Å². The quantitative estimate of drug-likeness (QED) is 0.114. The van der Waals surface area contributed by atoms with Crippen LogP contribution in [0.25, 0.3) is 0 Å². The molecule has 0 amide bonds. The topological polar surface area (TPSA) is 307 Å². The molecule has 0 aromatic rings. The van der Waals surface area contributed by atoms with Gasteiger partial charge in [-0.3, -0.25) is 0 Å². The molecule has 19 nitrogen and oxygen atoms in total. The van der Waals surface area contributed by atoms with E-state index in [1.165, 1.54) is 0 Å². The molecule has 0 aromatic carbocycles. The van der Waals surface area contributed by atoms with Gasteiger partial charge in [0, 0.05) is 0 Å². The van der Waals surface area contributed by atoms with Crippen molar-refractivity contribution in [2.75, 3.05) is 19.8 Å². The van der Waals surface area contributed by atoms with Gasteiger partial charge in [0.2, 0.25) is 0 Å². The van der Waals surface area contributed by atoms with Crippen LogP contribution in [0.15, 0.2) is 0 Å². The molecule has 8 rings (SSSR count). The first-order valence-corrected chi connectivity index (χ1v) is 24.3. The fourth-order valence-electron chi connectivity index (χ4n) is 15.3. The molecule has 8 fully saturated rings. The molecule has 19 heteroatoms. The van der Waals surface area contributed by atoms with E-state index in [1.807, 2.05) is 13.8 Å². The maximum absolute atomic E-state index is 12.5. The van der Waals surface area contributed by atoms with Crippen molar-refractivity contribution in [2.45, 2.75) is 228 Å². The van der Waals surface area contributed by atoms with E-state index in [4.69, 9.17) is 33.2 Å². The number of hydrogen-bond donors (Lipinski definition) is 12. The number of hydrogen-bond acceptors (Lipinski definition) is 19. The molecule has 8 aliphatic rings. The third-order valence-corrected chi connectivity index (χ3v) is 19.1. The number of rotatable bonds is 10. The molecule has 0 spiro atoms. The molecule has 0 bridgehead atoms. The third kappa shape index (κ3) is 8.16. The minimum atomic E-state index is -1.87. The molecule has 4 aliphatic carbocycles. The second kappa shape index (κ2) is 18.1. The van der Waals surface area contributed by atoms with Crippen LogP contribution >= 0.6 is 0 Å². The summed E-state index contributed by atoms with van der Waals surface area (Å²) in [6.45, 7) is 14.7. The Morgan fingerprint density at radius 2 is 1.23 bits per heavy atom. The Labute approximate surface area is 387 Å². The standard InChI is InChI=1S/C47H80O19/c1-42(2)27(51)10-12-44(5)26-15-21(50)29-20(47(8)14-11-28(66-47)43(3,4)59)9-13-45(29,6)46(26,7)16-22(38(42)44)61-41-37(34(56)31(53)24(18-49)63-41)65-39-35(57)32(54)25(19-60-39)64-40-36(58)33(55)30(52)23(17-48)62-40/h20-41,48-59H,9-19H2,1-8H3/t20?,21-,22+,23-,24-,25-,26-,27+,28+,29?,30-,31-,32+,33+,34+,35-,36-,37-,38?,39+,40-,41-,44-,45-,46-,47+/m1/s1. The highest BCUT2D eigenvalue weighted by Crippen LogP contribution is 2.76. The van der Waals surface area contributed by atoms with Crippen molar-refractivity contribution in [2.24, 2.45) is 45.3 Å². The summed E-state index contributed by atoms with van der Waals surface area (Å²) in [5.41, 5.74) is -3.68. The Hall–Kier alpha value is -0.760. The zero-order valence-corrected chi connectivity index (χ0v) is 39.7. The minimum absolute atomic E-state index is 0.000363. The van der Waals surface area contributed by atoms with E-state index in [9.17, 15) is 61.3 Å². The second-order valence-corrected chi connectivity index (χ2v) is 23.6. The fraction of sp³-hybridized carbons (Fsp3) is 1.00. The summed E-state index contributed by atoms with van der Waals surface area (Å²) in [6, 6.07) is 0. The van der Waals surface area contributed by atoms with Gasteiger partial charge in [-0.1, -0.05) is 34.6 Å². The van der Waals surface area contributed by atoms with Crippen LogP contribution in [-0.4, -0.2) is 203 Å². The molecular weight excluding hydrogens is 868 g/mol. The first kappa shape index (κ1) is 51.6. The number of aliphatic hydroxyl groups excluding tert-OH is 11. The molecule has 382 valence electrons. The van der Waals surface area contributed by atoms with Crippen molar-refractivity contribution in [3.8, 4) is 0 Å². The molecule has 4 heterocycles. The van der Waals surface area contributed by atoms with Crippen molar-refractivity contribution in [1.29, 1.82) is 0 Å². The summed E-state index contributed by atoms with van der Waals surface area (Å²) in [7, 11) is 0. The molecule has 4 aliphatic heterocycles. The SMILES string of the molecule is CC(C)(O)[C@@H]1CC[C@@](C)(C2CC[C@]3(C)C2[C@H](O)C[C@@H]2[C@@]4(C)CC[C@H](O)C(C)(C)C4[C@@H](O[C@@H]4O[C@H](CO)[C@@H](O)[C@H](O)[C@H]4O[C@@H]4OC[C@@H](O[C@H]5O[C@H](CO)[C@@H](O)[C@H](O)[C@H]5O)[C@H](O)[C@H]4O)C[C@]23C)O1. The first-order valence-electron chi connectivity index (χ1n) is 24.3. The van der Waals surface area contributed by atoms with E-state index in [2.05, 4.69) is 27.7 Å². The predicted octanol–water partition coefficient (Wildman–Crippen LogP) is -1.21. The van der Waals surface area contributed by atoms with Gasteiger partial charge in [0.05, 0.1) is 55.4 Å². The van der Waals surface area contributed by atoms with Gasteiger partial charge in [-0.05, 0) is 117 Å². The highest BCUT2D eigenvalue weighted by Gasteiger charge is 2.74. The van der Waals surface area contributed by atoms with E-state index in [0.717, 1.165) is 19.3 Å². The Morgan fingerprint density at radius 1 is 0.621 bits per heavy atom. The van der Waals surface area contributed by atoms with Gasteiger partial charge in [-0.2, -0.15) is 0 Å². The van der Waals surface area contributed by atoms with Crippen molar-refractivity contribution in [3.05, 3.63) is 0 Å². The molecule has 4 saturated heterocycles. The largest absolute Gasteiger partial charge is 0.394 e. The maximum atomic E-state index is 12.5. The molecule has 12 N–H and O–H groups in total. The zero-order valence-electron chi connectivity index (χ0n) is 39.7. The number of aliphatic hydroxyl groups is 12. The summed E-state index contributed by atoms with van der Waals surface area (Å²) in [4.78, 5) is 0. The molecule has 0 radical (unpaired) electrons. The van der Waals surface area contributed by atoms with Crippen LogP contribution in [0.4, 0.5) is 0 Å². The van der Waals surface area contributed by atoms with Crippen molar-refractivity contribution < 1.29 is 94.4 Å². The number of ether oxygens (including phenoxy) is 7. The third-order valence-electron chi connectivity index (χ3n) is 19.1. The van der Waals surface area contributed by atoms with Gasteiger partial charge >= 0.3 is 0 Å². The monoisotopic (exact) mass is 949 g/mol. The van der Waals surface area contributed by atoms with Gasteiger partial charge < -0.3 is 94.4 Å². The highest BCUT2D eigenvalue weighted by atomic mass is 16.8. The average Bonchev–Trinajstić information content (AvgIpc) is 3.85. The Balaban J connectivity index is 1.08.